The lowest BCUT2D eigenvalue weighted by Gasteiger charge is -2.36. The number of carboxylic acids is 2. The van der Waals surface area contributed by atoms with Gasteiger partial charge in [-0.25, -0.2) is 4.98 Å². The lowest BCUT2D eigenvalue weighted by atomic mass is 9.99. The van der Waals surface area contributed by atoms with Crippen LogP contribution in [0.2, 0.25) is 0 Å². The number of hydrogen-bond donors (Lipinski definition) is 20. The van der Waals surface area contributed by atoms with Crippen LogP contribution in [0.15, 0.2) is 97.7 Å². The zero-order valence-corrected chi connectivity index (χ0v) is 78.2. The minimum atomic E-state index is -1.88. The number of rotatable bonds is 28. The van der Waals surface area contributed by atoms with E-state index in [4.69, 9.17) is 17.2 Å². The number of aliphatic carboxylic acids is 2. The maximum absolute atomic E-state index is 15.8. The number of thioether (sulfide) groups is 1. The van der Waals surface area contributed by atoms with E-state index in [0.29, 0.717) is 63.1 Å². The summed E-state index contributed by atoms with van der Waals surface area (Å²) in [6, 6.07) is -4.39. The monoisotopic (exact) mass is 1940 g/mol. The SMILES string of the molecule is CCCC[C@H]1C(=O)N(C)[C@@H](CCCC)C(=O)N[C@@H](CCC(=O)O)C(=O)N[C@H](C(=O)NCC(N)=O)CSCC(=O)N[C@@H](Cc2ccc(O)cc2)C(=O)N(C)[C@@H](C)C(=O)N[C@H](CC(N)=O)C(=O)N2CCC[C@H]2C(=O)N[C@@H](Cc2cnc[nH]2)C(=O)N[C@@H](CCC(N)=O)C(=O)N2C[C@H](O)C[C@H]2C(=O)N[C@@H](Cc2c[nH]c3ccccc23)C(=O)N[C@@H](CCC(=O)O)C(=O)N[C@@H](Cc2c[nH]c3ccccc23)C(=O)N1C. The highest BCUT2D eigenvalue weighted by Crippen LogP contribution is 2.28. The van der Waals surface area contributed by atoms with Crippen LogP contribution in [0.4, 0.5) is 0 Å². The van der Waals surface area contributed by atoms with E-state index in [9.17, 15) is 78.0 Å². The van der Waals surface area contributed by atoms with Gasteiger partial charge in [0.25, 0.3) is 0 Å². The number of para-hydroxylation sites is 2. The first-order valence-electron chi connectivity index (χ1n) is 45.5. The Morgan fingerprint density at radius 2 is 0.993 bits per heavy atom. The third kappa shape index (κ3) is 30.0. The van der Waals surface area contributed by atoms with Gasteiger partial charge in [0.1, 0.15) is 90.3 Å². The standard InChI is InChI=1S/C91H122N22O24S/c1-7-9-20-68-84(130)102-60(29-32-77(122)123)81(127)108-67(79(125)98-43-74(94)118)45-138-46-75(119)100-64(34-49-23-25-53(114)26-24-49)87(133)109(4)48(3)78(124)106-66(39-73(93)117)90(136)112-33-15-22-69(112)85(131)105-63(37-52-42-95-47-99-52)83(129)103-61(27-30-72(92)116)89(135)113-44-54(115)38-71(113)86(132)104-62(35-50-40-96-57-18-13-11-16-55(50)57)82(128)101-59(28-31-76(120)121)80(126)107-65(36-51-41-97-58-19-14-12-17-56(51)58)88(134)111(6)70(21-10-8-2)91(137)110(68)5/h11-14,16-19,23-26,40-42,47-48,54,59-71,96-97,114-115H,7-10,15,20-22,27-39,43-46H2,1-6H3,(H2,92,116)(H2,93,117)(H2,94,118)(H,95,99)(H,98,125)(H,100,119)(H,101,128)(H,102,130)(H,103,129)(H,104,132)(H,105,131)(H,106,124)(H,107,126)(H,108,127)(H,120,121)(H,122,123)/t48-,54+,59-,60-,61-,62-,63-,64-,65-,66+,67-,68-,69-,70-,71-/m0/s1. The molecule has 0 aliphatic carbocycles. The highest BCUT2D eigenvalue weighted by molar-refractivity contribution is 8.00. The quantitative estimate of drug-likeness (QED) is 0.0230. The molecule has 0 unspecified atom stereocenters. The summed E-state index contributed by atoms with van der Waals surface area (Å²) in [7, 11) is 3.72. The molecule has 3 fully saturated rings. The number of amides is 18. The Hall–Kier alpha value is -14.5. The smallest absolute Gasteiger partial charge is 0.303 e. The average molecular weight is 1940 g/mol. The van der Waals surface area contributed by atoms with E-state index in [0.717, 1.165) is 24.5 Å². The van der Waals surface area contributed by atoms with Crippen molar-refractivity contribution in [1.82, 2.24) is 97.6 Å². The molecule has 6 aromatic rings. The van der Waals surface area contributed by atoms with Gasteiger partial charge >= 0.3 is 11.9 Å². The van der Waals surface area contributed by atoms with Crippen LogP contribution in [0.5, 0.6) is 5.75 Å². The number of imidazole rings is 1. The van der Waals surface area contributed by atoms with E-state index in [1.807, 2.05) is 0 Å². The number of fused-ring (bicyclic) bond motifs is 4. The minimum absolute atomic E-state index is 0.0874. The molecule has 18 amide bonds. The number of nitrogens with zero attached hydrogens (tertiary/aromatic N) is 6. The number of phenols is 1. The zero-order valence-electron chi connectivity index (χ0n) is 77.4. The molecular weight excluding hydrogens is 1820 g/mol. The van der Waals surface area contributed by atoms with E-state index in [2.05, 4.69) is 73.1 Å². The predicted octanol–water partition coefficient (Wildman–Crippen LogP) is -3.24. The Balaban J connectivity index is 1.12. The Morgan fingerprint density at radius 1 is 0.493 bits per heavy atom. The first kappa shape index (κ1) is 107. The highest BCUT2D eigenvalue weighted by atomic mass is 32.2. The number of primary amides is 3. The van der Waals surface area contributed by atoms with Crippen molar-refractivity contribution < 1.29 is 116 Å². The van der Waals surface area contributed by atoms with E-state index in [1.54, 1.807) is 68.6 Å². The van der Waals surface area contributed by atoms with E-state index in [1.165, 1.54) is 71.1 Å². The van der Waals surface area contributed by atoms with Gasteiger partial charge in [0, 0.05) is 137 Å². The number of hydrogen-bond acceptors (Lipinski definition) is 24. The van der Waals surface area contributed by atoms with Crippen LogP contribution in [0.25, 0.3) is 21.8 Å². The van der Waals surface area contributed by atoms with Crippen molar-refractivity contribution in [3.05, 3.63) is 120 Å². The number of likely N-dealkylation sites (N-methyl/N-ethyl adjacent to an activating group) is 3. The third-order valence-corrected chi connectivity index (χ3v) is 25.5. The zero-order chi connectivity index (χ0) is 101. The number of nitrogens with two attached hydrogens (primary N) is 3. The maximum atomic E-state index is 15.8. The van der Waals surface area contributed by atoms with Crippen LogP contribution in [-0.4, -0.2) is 326 Å². The van der Waals surface area contributed by atoms with Crippen molar-refractivity contribution >= 4 is 152 Å². The Kier molecular flexibility index (Phi) is 39.5. The number of aromatic hydroxyl groups is 1. The maximum Gasteiger partial charge on any atom is 0.303 e. The van der Waals surface area contributed by atoms with Crippen LogP contribution in [0.1, 0.15) is 146 Å². The molecule has 3 aromatic heterocycles. The fourth-order valence-corrected chi connectivity index (χ4v) is 17.6. The number of benzene rings is 3. The second-order valence-electron chi connectivity index (χ2n) is 34.6. The number of unbranched alkanes of at least 4 members (excludes halogenated alkanes) is 2. The first-order chi connectivity index (χ1) is 65.6. The molecule has 0 saturated carbocycles. The van der Waals surface area contributed by atoms with Gasteiger partial charge in [-0.3, -0.25) is 95.9 Å². The second kappa shape index (κ2) is 50.9. The van der Waals surface area contributed by atoms with Gasteiger partial charge < -0.3 is 130 Å². The summed E-state index contributed by atoms with van der Waals surface area (Å²) in [6.45, 7) is 3.23. The molecule has 9 rings (SSSR count). The minimum Gasteiger partial charge on any atom is -0.508 e. The van der Waals surface area contributed by atoms with Crippen molar-refractivity contribution in [2.45, 2.75) is 240 Å². The Bertz CT molecular complexity index is 5420. The summed E-state index contributed by atoms with van der Waals surface area (Å²) in [5.41, 5.74) is 19.3. The van der Waals surface area contributed by atoms with Crippen LogP contribution < -0.4 is 70.4 Å². The molecule has 46 nitrogen and oxygen atoms in total. The number of aromatic nitrogens is 4. The molecule has 0 radical (unpaired) electrons. The molecular formula is C91H122N22O24S. The third-order valence-electron chi connectivity index (χ3n) is 24.4. The molecule has 23 N–H and O–H groups in total. The molecule has 47 heteroatoms. The molecule has 138 heavy (non-hydrogen) atoms. The molecule has 0 bridgehead atoms. The Morgan fingerprint density at radius 3 is 1.57 bits per heavy atom. The van der Waals surface area contributed by atoms with Crippen molar-refractivity contribution in [1.29, 1.82) is 0 Å². The van der Waals surface area contributed by atoms with Crippen molar-refractivity contribution in [2.24, 2.45) is 17.2 Å². The highest BCUT2D eigenvalue weighted by Gasteiger charge is 2.47. The van der Waals surface area contributed by atoms with Gasteiger partial charge in [0.15, 0.2) is 0 Å². The molecule has 746 valence electrons. The summed E-state index contributed by atoms with van der Waals surface area (Å²) in [6.07, 6.45) is -1.57. The topological polar surface area (TPSA) is 697 Å². The lowest BCUT2D eigenvalue weighted by Crippen LogP contribution is -2.61. The number of aromatic amines is 3. The predicted molar refractivity (Wildman–Crippen MR) is 496 cm³/mol. The van der Waals surface area contributed by atoms with Crippen molar-refractivity contribution in [2.75, 3.05) is 52.3 Å². The molecule has 6 heterocycles. The number of nitrogens with one attached hydrogen (secondary N) is 13. The van der Waals surface area contributed by atoms with Gasteiger partial charge in [0.05, 0.1) is 31.1 Å². The number of carbonyl (C=O) groups excluding carboxylic acids is 18. The fraction of sp³-hybridized carbons (Fsp3) is 0.505. The van der Waals surface area contributed by atoms with Crippen LogP contribution in [0.3, 0.4) is 0 Å². The summed E-state index contributed by atoms with van der Waals surface area (Å²) in [4.78, 5) is 306. The van der Waals surface area contributed by atoms with Crippen LogP contribution >= 0.6 is 11.8 Å². The van der Waals surface area contributed by atoms with Gasteiger partial charge in [-0.15, -0.1) is 11.8 Å². The largest absolute Gasteiger partial charge is 0.508 e. The van der Waals surface area contributed by atoms with E-state index >= 15 is 38.4 Å². The number of aliphatic hydroxyl groups excluding tert-OH is 1. The fourth-order valence-electron chi connectivity index (χ4n) is 16.7. The first-order valence-corrected chi connectivity index (χ1v) is 46.6. The number of carboxylic acid groups (broad SMARTS) is 2. The summed E-state index contributed by atoms with van der Waals surface area (Å²) < 4.78 is 0. The van der Waals surface area contributed by atoms with E-state index in [-0.39, 0.29) is 69.4 Å². The van der Waals surface area contributed by atoms with E-state index < -0.39 is 298 Å². The van der Waals surface area contributed by atoms with Crippen molar-refractivity contribution in [3.8, 4) is 5.75 Å². The normalized spacial score (nSPS) is 24.4. The number of aliphatic hydroxyl groups is 1. The summed E-state index contributed by atoms with van der Waals surface area (Å²) in [5.74, 6) is -22.9. The number of carbonyl (C=O) groups is 20. The second-order valence-corrected chi connectivity index (χ2v) is 35.6. The van der Waals surface area contributed by atoms with Gasteiger partial charge in [-0.2, -0.15) is 0 Å². The molecule has 3 aliphatic heterocycles. The molecule has 15 atom stereocenters. The van der Waals surface area contributed by atoms with Crippen molar-refractivity contribution in [3.63, 3.8) is 0 Å². The lowest BCUT2D eigenvalue weighted by molar-refractivity contribution is -0.149. The van der Waals surface area contributed by atoms with Gasteiger partial charge in [-0.05, 0) is 92.8 Å². The number of H-pyrrole nitrogens is 3. The Labute approximate surface area is 797 Å². The molecule has 3 saturated heterocycles. The average Bonchev–Trinajstić information content (AvgIpc) is 1.61. The van der Waals surface area contributed by atoms with Crippen LogP contribution in [-0.2, 0) is 122 Å². The summed E-state index contributed by atoms with van der Waals surface area (Å²) >= 11 is 0.687. The molecule has 3 aliphatic rings. The van der Waals surface area contributed by atoms with Crippen LogP contribution in [0, 0.1) is 0 Å². The molecule has 3 aromatic carbocycles. The molecule has 0 spiro atoms. The number of phenolic OH excluding ortho intramolecular Hbond substituents is 1. The van der Waals surface area contributed by atoms with Gasteiger partial charge in [-0.1, -0.05) is 88.1 Å². The summed E-state index contributed by atoms with van der Waals surface area (Å²) in [5, 5.41) is 68.7. The van der Waals surface area contributed by atoms with Gasteiger partial charge in [0.2, 0.25) is 106 Å².